The fourth-order valence-corrected chi connectivity index (χ4v) is 3.46. The van der Waals surface area contributed by atoms with Crippen LogP contribution in [0.4, 0.5) is 0 Å². The van der Waals surface area contributed by atoms with Gasteiger partial charge in [-0.2, -0.15) is 8.42 Å². The summed E-state index contributed by atoms with van der Waals surface area (Å²) in [6.07, 6.45) is -6.10. The van der Waals surface area contributed by atoms with Crippen LogP contribution in [0.5, 0.6) is 5.75 Å². The highest BCUT2D eigenvalue weighted by Crippen LogP contribution is 2.27. The molecule has 0 aliphatic carbocycles. The minimum atomic E-state index is -4.86. The van der Waals surface area contributed by atoms with Crippen LogP contribution < -0.4 is 4.74 Å². The molecule has 0 bridgehead atoms. The maximum Gasteiger partial charge on any atom is 0.295 e. The number of aliphatic hydroxyl groups is 4. The van der Waals surface area contributed by atoms with Gasteiger partial charge in [0.15, 0.2) is 0 Å². The Bertz CT molecular complexity index is 901. The van der Waals surface area contributed by atoms with Crippen molar-refractivity contribution in [3.8, 4) is 17.0 Å². The Morgan fingerprint density at radius 2 is 1.68 bits per heavy atom. The van der Waals surface area contributed by atoms with Gasteiger partial charge < -0.3 is 29.9 Å². The Hall–Kier alpha value is -2.12. The molecule has 0 spiro atoms. The highest BCUT2D eigenvalue weighted by Gasteiger charge is 2.50. The molecule has 5 N–H and O–H groups in total. The van der Waals surface area contributed by atoms with E-state index >= 15 is 0 Å². The van der Waals surface area contributed by atoms with Crippen molar-refractivity contribution in [1.29, 1.82) is 0 Å². The molecule has 1 unspecified atom stereocenters. The van der Waals surface area contributed by atoms with Crippen molar-refractivity contribution in [2.24, 2.45) is 0 Å². The number of aliphatic hydroxyl groups excluding tert-OH is 4. The number of hydrogen-bond acceptors (Lipinski definition) is 9. The molecule has 3 rings (SSSR count). The predicted octanol–water partition coefficient (Wildman–Crippen LogP) is -0.727. The van der Waals surface area contributed by atoms with Gasteiger partial charge in [0.2, 0.25) is 11.7 Å². The van der Waals surface area contributed by atoms with E-state index in [1.807, 2.05) is 0 Å². The van der Waals surface area contributed by atoms with Gasteiger partial charge in [-0.1, -0.05) is 24.3 Å². The highest BCUT2D eigenvalue weighted by molar-refractivity contribution is 7.86. The third-order valence-corrected chi connectivity index (χ3v) is 5.22. The molecule has 0 radical (unpaired) electrons. The lowest BCUT2D eigenvalue weighted by atomic mass is 10.1. The van der Waals surface area contributed by atoms with Crippen molar-refractivity contribution in [3.05, 3.63) is 48.2 Å². The molecule has 2 aromatic rings. The SMILES string of the molecule is O=S(=O)(O)C1O[C@@H](Oc2ccc(-c3ccc(CO)cc3)nc2)[C@H](O)[C@@H](O)[C@@H]1O. The van der Waals surface area contributed by atoms with Crippen LogP contribution in [0, 0.1) is 0 Å². The highest BCUT2D eigenvalue weighted by atomic mass is 32.2. The molecule has 2 heterocycles. The summed E-state index contributed by atoms with van der Waals surface area (Å²) < 4.78 is 41.9. The van der Waals surface area contributed by atoms with Crippen molar-refractivity contribution in [2.75, 3.05) is 0 Å². The Kier molecular flexibility index (Phi) is 5.95. The van der Waals surface area contributed by atoms with E-state index in [2.05, 4.69) is 4.98 Å². The maximum atomic E-state index is 11.3. The van der Waals surface area contributed by atoms with E-state index in [0.29, 0.717) is 5.69 Å². The van der Waals surface area contributed by atoms with Gasteiger partial charge in [0.1, 0.15) is 24.1 Å². The molecule has 10 nitrogen and oxygen atoms in total. The zero-order valence-electron chi connectivity index (χ0n) is 14.4. The summed E-state index contributed by atoms with van der Waals surface area (Å²) >= 11 is 0. The Labute approximate surface area is 160 Å². The zero-order valence-corrected chi connectivity index (χ0v) is 15.2. The smallest absolute Gasteiger partial charge is 0.295 e. The second kappa shape index (κ2) is 8.09. The van der Waals surface area contributed by atoms with Crippen LogP contribution in [-0.2, 0) is 21.5 Å². The summed E-state index contributed by atoms with van der Waals surface area (Å²) in [5.41, 5.74) is -0.0506. The Morgan fingerprint density at radius 3 is 2.21 bits per heavy atom. The number of pyridine rings is 1. The molecule has 0 saturated carbocycles. The van der Waals surface area contributed by atoms with Crippen molar-refractivity contribution in [1.82, 2.24) is 4.98 Å². The van der Waals surface area contributed by atoms with Gasteiger partial charge in [0.05, 0.1) is 18.5 Å². The number of ether oxygens (including phenoxy) is 2. The van der Waals surface area contributed by atoms with Crippen LogP contribution in [0.15, 0.2) is 42.6 Å². The van der Waals surface area contributed by atoms with E-state index in [1.54, 1.807) is 30.3 Å². The van der Waals surface area contributed by atoms with Crippen LogP contribution in [0.2, 0.25) is 0 Å². The number of benzene rings is 1. The third-order valence-electron chi connectivity index (χ3n) is 4.24. The van der Waals surface area contributed by atoms with Crippen molar-refractivity contribution in [2.45, 2.75) is 36.6 Å². The average molecular weight is 413 g/mol. The first-order chi connectivity index (χ1) is 13.2. The second-order valence-electron chi connectivity index (χ2n) is 6.21. The van der Waals surface area contributed by atoms with Gasteiger partial charge in [0.25, 0.3) is 10.1 Å². The summed E-state index contributed by atoms with van der Waals surface area (Å²) in [6.45, 7) is -0.0741. The van der Waals surface area contributed by atoms with E-state index in [9.17, 15) is 23.7 Å². The fraction of sp³-hybridized carbons (Fsp3) is 0.353. The first-order valence-electron chi connectivity index (χ1n) is 8.19. The molecule has 1 aliphatic heterocycles. The molecular formula is C17H19NO9S. The molecule has 5 atom stereocenters. The van der Waals surface area contributed by atoms with Gasteiger partial charge in [-0.15, -0.1) is 0 Å². The van der Waals surface area contributed by atoms with E-state index in [4.69, 9.17) is 19.1 Å². The first kappa shape index (κ1) is 20.6. The largest absolute Gasteiger partial charge is 0.460 e. The second-order valence-corrected chi connectivity index (χ2v) is 7.71. The summed E-state index contributed by atoms with van der Waals surface area (Å²) in [5.74, 6) is 0.0949. The lowest BCUT2D eigenvalue weighted by molar-refractivity contribution is -0.254. The molecule has 1 aromatic carbocycles. The molecule has 1 aromatic heterocycles. The molecule has 28 heavy (non-hydrogen) atoms. The predicted molar refractivity (Wildman–Crippen MR) is 94.5 cm³/mol. The van der Waals surface area contributed by atoms with Crippen molar-refractivity contribution < 1.29 is 42.9 Å². The van der Waals surface area contributed by atoms with Crippen molar-refractivity contribution >= 4 is 10.1 Å². The minimum absolute atomic E-state index is 0.0741. The van der Waals surface area contributed by atoms with Crippen LogP contribution in [0.25, 0.3) is 11.3 Å². The zero-order chi connectivity index (χ0) is 20.5. The van der Waals surface area contributed by atoms with E-state index in [1.165, 1.54) is 12.3 Å². The summed E-state index contributed by atoms with van der Waals surface area (Å²) in [6, 6.07) is 10.1. The minimum Gasteiger partial charge on any atom is -0.460 e. The first-order valence-corrected chi connectivity index (χ1v) is 9.70. The number of nitrogens with zero attached hydrogens (tertiary/aromatic N) is 1. The molecular weight excluding hydrogens is 394 g/mol. The molecule has 0 amide bonds. The molecule has 1 fully saturated rings. The number of hydrogen-bond donors (Lipinski definition) is 5. The van der Waals surface area contributed by atoms with Gasteiger partial charge in [-0.25, -0.2) is 0 Å². The Balaban J connectivity index is 1.75. The molecule has 152 valence electrons. The molecule has 1 aliphatic rings. The molecule has 1 saturated heterocycles. The van der Waals surface area contributed by atoms with Gasteiger partial charge in [-0.05, 0) is 17.7 Å². The van der Waals surface area contributed by atoms with E-state index in [0.717, 1.165) is 11.1 Å². The van der Waals surface area contributed by atoms with Gasteiger partial charge >= 0.3 is 0 Å². The Morgan fingerprint density at radius 1 is 1.00 bits per heavy atom. The average Bonchev–Trinajstić information content (AvgIpc) is 2.68. The van der Waals surface area contributed by atoms with Crippen LogP contribution in [0.3, 0.4) is 0 Å². The number of rotatable bonds is 5. The van der Waals surface area contributed by atoms with Crippen LogP contribution >= 0.6 is 0 Å². The van der Waals surface area contributed by atoms with Gasteiger partial charge in [0, 0.05) is 5.56 Å². The lowest BCUT2D eigenvalue weighted by Crippen LogP contribution is -2.61. The third kappa shape index (κ3) is 4.31. The topological polar surface area (TPSA) is 167 Å². The molecule has 11 heteroatoms. The summed E-state index contributed by atoms with van der Waals surface area (Å²) in [4.78, 5) is 4.19. The van der Waals surface area contributed by atoms with Gasteiger partial charge in [-0.3, -0.25) is 9.54 Å². The van der Waals surface area contributed by atoms with Crippen LogP contribution in [0.1, 0.15) is 5.56 Å². The summed E-state index contributed by atoms with van der Waals surface area (Å²) in [7, 11) is -4.86. The standard InChI is InChI=1S/C17H19NO9S/c19-8-9-1-3-10(4-2-9)12-6-5-11(7-18-12)26-16-14(21)13(20)15(22)17(27-16)28(23,24)25/h1-7,13-17,19-22H,8H2,(H,23,24,25)/t13-,14-,15+,16-,17?/m1/s1. The lowest BCUT2D eigenvalue weighted by Gasteiger charge is -2.38. The van der Waals surface area contributed by atoms with Crippen LogP contribution in [-0.4, -0.2) is 68.4 Å². The maximum absolute atomic E-state index is 11.3. The van der Waals surface area contributed by atoms with Crippen molar-refractivity contribution in [3.63, 3.8) is 0 Å². The van der Waals surface area contributed by atoms with E-state index < -0.39 is 40.2 Å². The number of aromatic nitrogens is 1. The summed E-state index contributed by atoms with van der Waals surface area (Å²) in [5, 5.41) is 38.5. The normalized spacial score (nSPS) is 28.1. The fourth-order valence-electron chi connectivity index (χ4n) is 2.70. The monoisotopic (exact) mass is 413 g/mol. The van der Waals surface area contributed by atoms with E-state index in [-0.39, 0.29) is 12.4 Å². The quantitative estimate of drug-likeness (QED) is 0.394.